The molecule has 0 unspecified atom stereocenters. The third-order valence-electron chi connectivity index (χ3n) is 2.46. The summed E-state index contributed by atoms with van der Waals surface area (Å²) in [6, 6.07) is 0. The predicted octanol–water partition coefficient (Wildman–Crippen LogP) is 2.35. The van der Waals surface area contributed by atoms with Crippen LogP contribution in [-0.4, -0.2) is 10.1 Å². The first kappa shape index (κ1) is 11.3. The number of aryl methyl sites for hydroxylation is 3. The Hall–Kier alpha value is -1.20. The molecule has 0 spiro atoms. The normalized spacial score (nSPS) is 10.9. The summed E-state index contributed by atoms with van der Waals surface area (Å²) in [5, 5.41) is 10.4. The molecule has 0 fully saturated rings. The van der Waals surface area contributed by atoms with Crippen LogP contribution in [0.25, 0.3) is 0 Å². The van der Waals surface area contributed by atoms with Gasteiger partial charge in [0.1, 0.15) is 5.76 Å². The van der Waals surface area contributed by atoms with Crippen LogP contribution in [0.4, 0.5) is 0 Å². The number of thiazole rings is 1. The van der Waals surface area contributed by atoms with E-state index in [4.69, 9.17) is 4.52 Å². The lowest BCUT2D eigenvalue weighted by molar-refractivity contribution is 0.392. The molecule has 5 heteroatoms. The fourth-order valence-electron chi connectivity index (χ4n) is 1.56. The fraction of sp³-hybridized carbons (Fsp3) is 0.455. The number of hydrogen-bond acceptors (Lipinski definition) is 5. The van der Waals surface area contributed by atoms with E-state index in [9.17, 15) is 0 Å². The van der Waals surface area contributed by atoms with Crippen LogP contribution in [0.1, 0.15) is 27.7 Å². The first-order valence-corrected chi connectivity index (χ1v) is 6.08. The summed E-state index contributed by atoms with van der Waals surface area (Å²) >= 11 is 1.68. The first-order valence-electron chi connectivity index (χ1n) is 5.20. The van der Waals surface area contributed by atoms with Crippen molar-refractivity contribution >= 4 is 11.3 Å². The molecule has 0 aliphatic carbocycles. The number of nitrogens with zero attached hydrogens (tertiary/aromatic N) is 2. The summed E-state index contributed by atoms with van der Waals surface area (Å²) < 4.78 is 5.10. The Bertz CT molecular complexity index is 456. The van der Waals surface area contributed by atoms with Gasteiger partial charge >= 0.3 is 0 Å². The number of hydrogen-bond donors (Lipinski definition) is 1. The Labute approximate surface area is 98.7 Å². The Kier molecular flexibility index (Phi) is 3.36. The van der Waals surface area contributed by atoms with Crippen molar-refractivity contribution < 1.29 is 4.52 Å². The van der Waals surface area contributed by atoms with E-state index in [-0.39, 0.29) is 0 Å². The molecule has 2 aromatic rings. The van der Waals surface area contributed by atoms with Gasteiger partial charge in [0.05, 0.1) is 16.4 Å². The average Bonchev–Trinajstić information content (AvgIpc) is 2.78. The molecule has 0 bridgehead atoms. The fourth-order valence-corrected chi connectivity index (χ4v) is 2.17. The van der Waals surface area contributed by atoms with Crippen LogP contribution in [0.5, 0.6) is 0 Å². The van der Waals surface area contributed by atoms with E-state index in [1.54, 1.807) is 11.3 Å². The van der Waals surface area contributed by atoms with Crippen molar-refractivity contribution in [3.63, 3.8) is 0 Å². The van der Waals surface area contributed by atoms with Crippen LogP contribution in [0.15, 0.2) is 9.90 Å². The van der Waals surface area contributed by atoms with Gasteiger partial charge in [-0.25, -0.2) is 4.98 Å². The van der Waals surface area contributed by atoms with Crippen LogP contribution in [0.2, 0.25) is 0 Å². The third-order valence-corrected chi connectivity index (χ3v) is 3.28. The van der Waals surface area contributed by atoms with Crippen molar-refractivity contribution in [3.8, 4) is 0 Å². The van der Waals surface area contributed by atoms with E-state index in [2.05, 4.69) is 20.8 Å². The summed E-state index contributed by atoms with van der Waals surface area (Å²) in [5.74, 6) is 0.888. The standard InChI is InChI=1S/C11H15N3OS/c1-7-11(8(2)15-14-7)5-12-4-10-6-16-9(3)13-10/h6,12H,4-5H2,1-3H3. The van der Waals surface area contributed by atoms with Crippen molar-refractivity contribution in [1.29, 1.82) is 0 Å². The zero-order valence-electron chi connectivity index (χ0n) is 9.70. The molecule has 0 saturated carbocycles. The van der Waals surface area contributed by atoms with E-state index >= 15 is 0 Å². The topological polar surface area (TPSA) is 51.0 Å². The second-order valence-corrected chi connectivity index (χ2v) is 4.83. The highest BCUT2D eigenvalue weighted by Gasteiger charge is 2.08. The van der Waals surface area contributed by atoms with Crippen LogP contribution >= 0.6 is 11.3 Å². The minimum atomic E-state index is 0.776. The van der Waals surface area contributed by atoms with Crippen molar-refractivity contribution in [1.82, 2.24) is 15.5 Å². The number of rotatable bonds is 4. The molecule has 0 saturated heterocycles. The summed E-state index contributed by atoms with van der Waals surface area (Å²) in [6.45, 7) is 7.47. The Morgan fingerprint density at radius 1 is 1.31 bits per heavy atom. The quantitative estimate of drug-likeness (QED) is 0.886. The summed E-state index contributed by atoms with van der Waals surface area (Å²) in [6.07, 6.45) is 0. The molecule has 0 aromatic carbocycles. The maximum Gasteiger partial charge on any atom is 0.138 e. The van der Waals surface area contributed by atoms with Gasteiger partial charge in [-0.15, -0.1) is 11.3 Å². The van der Waals surface area contributed by atoms with Crippen molar-refractivity contribution in [2.24, 2.45) is 0 Å². The second kappa shape index (κ2) is 4.76. The summed E-state index contributed by atoms with van der Waals surface area (Å²) in [5.41, 5.74) is 3.20. The molecule has 86 valence electrons. The van der Waals surface area contributed by atoms with Crippen molar-refractivity contribution in [2.75, 3.05) is 0 Å². The molecule has 16 heavy (non-hydrogen) atoms. The molecule has 1 N–H and O–H groups in total. The van der Waals surface area contributed by atoms with Gasteiger partial charge in [0, 0.05) is 24.0 Å². The minimum Gasteiger partial charge on any atom is -0.361 e. The lowest BCUT2D eigenvalue weighted by Crippen LogP contribution is -2.13. The van der Waals surface area contributed by atoms with E-state index in [1.807, 2.05) is 20.8 Å². The monoisotopic (exact) mass is 237 g/mol. The van der Waals surface area contributed by atoms with Crippen LogP contribution in [0, 0.1) is 20.8 Å². The molecule has 0 atom stereocenters. The van der Waals surface area contributed by atoms with Gasteiger partial charge in [0.25, 0.3) is 0 Å². The van der Waals surface area contributed by atoms with Crippen LogP contribution in [-0.2, 0) is 13.1 Å². The SMILES string of the molecule is Cc1nc(CNCc2c(C)noc2C)cs1. The van der Waals surface area contributed by atoms with E-state index in [1.165, 1.54) is 0 Å². The smallest absolute Gasteiger partial charge is 0.138 e. The molecular weight excluding hydrogens is 222 g/mol. The highest BCUT2D eigenvalue weighted by atomic mass is 32.1. The van der Waals surface area contributed by atoms with Gasteiger partial charge in [0.15, 0.2) is 0 Å². The van der Waals surface area contributed by atoms with Crippen molar-refractivity contribution in [3.05, 3.63) is 33.1 Å². The molecule has 4 nitrogen and oxygen atoms in total. The molecule has 0 amide bonds. The van der Waals surface area contributed by atoms with Gasteiger partial charge < -0.3 is 9.84 Å². The highest BCUT2D eigenvalue weighted by Crippen LogP contribution is 2.12. The Morgan fingerprint density at radius 3 is 2.69 bits per heavy atom. The van der Waals surface area contributed by atoms with Gasteiger partial charge in [-0.2, -0.15) is 0 Å². The molecule has 2 heterocycles. The molecule has 2 aromatic heterocycles. The average molecular weight is 237 g/mol. The molecule has 2 rings (SSSR count). The second-order valence-electron chi connectivity index (χ2n) is 3.76. The molecule has 0 aliphatic rings. The number of nitrogens with one attached hydrogen (secondary N) is 1. The minimum absolute atomic E-state index is 0.776. The van der Waals surface area contributed by atoms with E-state index < -0.39 is 0 Å². The maximum atomic E-state index is 5.10. The highest BCUT2D eigenvalue weighted by molar-refractivity contribution is 7.09. The maximum absolute atomic E-state index is 5.10. The van der Waals surface area contributed by atoms with Crippen LogP contribution in [0.3, 0.4) is 0 Å². The van der Waals surface area contributed by atoms with Gasteiger partial charge in [-0.1, -0.05) is 5.16 Å². The lowest BCUT2D eigenvalue weighted by atomic mass is 10.2. The van der Waals surface area contributed by atoms with Gasteiger partial charge in [-0.05, 0) is 20.8 Å². The van der Waals surface area contributed by atoms with Gasteiger partial charge in [0.2, 0.25) is 0 Å². The van der Waals surface area contributed by atoms with E-state index in [0.29, 0.717) is 0 Å². The summed E-state index contributed by atoms with van der Waals surface area (Å²) in [7, 11) is 0. The molecular formula is C11H15N3OS. The zero-order valence-corrected chi connectivity index (χ0v) is 10.5. The molecule has 0 aliphatic heterocycles. The Morgan fingerprint density at radius 2 is 2.12 bits per heavy atom. The van der Waals surface area contributed by atoms with Crippen molar-refractivity contribution in [2.45, 2.75) is 33.9 Å². The number of aromatic nitrogens is 2. The Balaban J connectivity index is 1.89. The summed E-state index contributed by atoms with van der Waals surface area (Å²) in [4.78, 5) is 4.39. The van der Waals surface area contributed by atoms with Crippen LogP contribution < -0.4 is 5.32 Å². The molecule has 0 radical (unpaired) electrons. The lowest BCUT2D eigenvalue weighted by Gasteiger charge is -2.01. The first-order chi connectivity index (χ1) is 7.66. The van der Waals surface area contributed by atoms with Gasteiger partial charge in [-0.3, -0.25) is 0 Å². The third kappa shape index (κ3) is 2.48. The predicted molar refractivity (Wildman–Crippen MR) is 63.4 cm³/mol. The largest absolute Gasteiger partial charge is 0.361 e. The zero-order chi connectivity index (χ0) is 11.5. The van der Waals surface area contributed by atoms with E-state index in [0.717, 1.165) is 40.8 Å².